The number of hydrogen-bond acceptors (Lipinski definition) is 5. The van der Waals surface area contributed by atoms with Crippen LogP contribution in [0.25, 0.3) is 0 Å². The van der Waals surface area contributed by atoms with Crippen molar-refractivity contribution in [3.05, 3.63) is 122 Å². The Morgan fingerprint density at radius 1 is 0.300 bits per heavy atom. The first-order valence-electron chi connectivity index (χ1n) is 34.1. The Morgan fingerprint density at radius 3 is 0.812 bits per heavy atom. The highest BCUT2D eigenvalue weighted by molar-refractivity contribution is 5.70. The maximum Gasteiger partial charge on any atom is 0.306 e. The number of esters is 2. The van der Waals surface area contributed by atoms with E-state index in [-0.39, 0.29) is 25.2 Å². The van der Waals surface area contributed by atoms with Crippen LogP contribution in [-0.2, 0) is 19.1 Å². The second-order valence-corrected chi connectivity index (χ2v) is 22.5. The third-order valence-corrected chi connectivity index (χ3v) is 14.7. The zero-order valence-corrected chi connectivity index (χ0v) is 52.6. The number of carbonyl (C=O) groups excluding carboxylic acids is 2. The third kappa shape index (κ3) is 66.8. The monoisotopic (exact) mass is 1110 g/mol. The van der Waals surface area contributed by atoms with E-state index in [0.717, 1.165) is 96.3 Å². The summed E-state index contributed by atoms with van der Waals surface area (Å²) >= 11 is 0. The third-order valence-electron chi connectivity index (χ3n) is 14.7. The van der Waals surface area contributed by atoms with Crippen LogP contribution in [0.4, 0.5) is 0 Å². The van der Waals surface area contributed by atoms with Gasteiger partial charge in [0.1, 0.15) is 6.61 Å². The molecule has 0 saturated heterocycles. The fraction of sp³-hybridized carbons (Fsp3) is 0.707. The molecule has 0 aliphatic carbocycles. The summed E-state index contributed by atoms with van der Waals surface area (Å²) < 4.78 is 10.7. The lowest BCUT2D eigenvalue weighted by Crippen LogP contribution is -2.28. The molecular weight excluding hydrogens is 981 g/mol. The molecule has 5 nitrogen and oxygen atoms in total. The fourth-order valence-electron chi connectivity index (χ4n) is 9.66. The van der Waals surface area contributed by atoms with Gasteiger partial charge in [-0.2, -0.15) is 0 Å². The first-order chi connectivity index (χ1) is 39.6. The maximum atomic E-state index is 12.4. The Hall–Kier alpha value is -3.70. The number of rotatable bonds is 62. The number of aliphatic hydroxyl groups excluding tert-OH is 1. The van der Waals surface area contributed by atoms with Gasteiger partial charge < -0.3 is 14.6 Å². The van der Waals surface area contributed by atoms with Gasteiger partial charge in [0.2, 0.25) is 0 Å². The minimum atomic E-state index is -0.780. The van der Waals surface area contributed by atoms with Crippen molar-refractivity contribution < 1.29 is 24.2 Å². The highest BCUT2D eigenvalue weighted by Gasteiger charge is 2.16. The highest BCUT2D eigenvalue weighted by Crippen LogP contribution is 2.17. The van der Waals surface area contributed by atoms with Crippen molar-refractivity contribution in [2.24, 2.45) is 0 Å². The van der Waals surface area contributed by atoms with Crippen LogP contribution in [0.3, 0.4) is 0 Å². The fourth-order valence-corrected chi connectivity index (χ4v) is 9.66. The van der Waals surface area contributed by atoms with E-state index >= 15 is 0 Å². The average Bonchev–Trinajstić information content (AvgIpc) is 3.46. The molecule has 5 heteroatoms. The molecule has 1 atom stereocenters. The summed E-state index contributed by atoms with van der Waals surface area (Å²) in [5.41, 5.74) is 0. The van der Waals surface area contributed by atoms with E-state index < -0.39 is 6.10 Å². The van der Waals surface area contributed by atoms with Crippen molar-refractivity contribution in [3.63, 3.8) is 0 Å². The first-order valence-corrected chi connectivity index (χ1v) is 34.1. The van der Waals surface area contributed by atoms with Gasteiger partial charge in [-0.3, -0.25) is 9.59 Å². The van der Waals surface area contributed by atoms with Gasteiger partial charge >= 0.3 is 11.9 Å². The molecule has 80 heavy (non-hydrogen) atoms. The molecular formula is C75H128O5. The van der Waals surface area contributed by atoms with Crippen LogP contribution in [0, 0.1) is 0 Å². The molecule has 0 spiro atoms. The van der Waals surface area contributed by atoms with Crippen LogP contribution in [0.15, 0.2) is 122 Å². The molecule has 0 bridgehead atoms. The van der Waals surface area contributed by atoms with E-state index in [1.165, 1.54) is 199 Å². The normalized spacial score (nSPS) is 13.0. The molecule has 0 aliphatic rings. The Labute approximate surface area is 496 Å². The predicted octanol–water partition coefficient (Wildman–Crippen LogP) is 23.8. The van der Waals surface area contributed by atoms with Gasteiger partial charge in [-0.1, -0.05) is 322 Å². The summed E-state index contributed by atoms with van der Waals surface area (Å²) in [5, 5.41) is 9.69. The Bertz CT molecular complexity index is 1590. The van der Waals surface area contributed by atoms with Crippen LogP contribution < -0.4 is 0 Å². The number of aliphatic hydroxyl groups is 1. The largest absolute Gasteiger partial charge is 0.462 e. The van der Waals surface area contributed by atoms with E-state index in [0.29, 0.717) is 12.8 Å². The number of hydrogen-bond donors (Lipinski definition) is 1. The number of allylic oxidation sites excluding steroid dienone is 20. The highest BCUT2D eigenvalue weighted by atomic mass is 16.6. The van der Waals surface area contributed by atoms with Crippen molar-refractivity contribution in [1.29, 1.82) is 0 Å². The summed E-state index contributed by atoms with van der Waals surface area (Å²) in [6, 6.07) is 0. The molecule has 0 aromatic carbocycles. The van der Waals surface area contributed by atoms with Gasteiger partial charge in [-0.05, 0) is 109 Å². The molecule has 0 aromatic rings. The van der Waals surface area contributed by atoms with Gasteiger partial charge in [0, 0.05) is 12.8 Å². The quantitative estimate of drug-likeness (QED) is 0.0373. The van der Waals surface area contributed by atoms with Crippen molar-refractivity contribution >= 4 is 11.9 Å². The van der Waals surface area contributed by atoms with Gasteiger partial charge in [-0.15, -0.1) is 0 Å². The van der Waals surface area contributed by atoms with Crippen LogP contribution in [0.5, 0.6) is 0 Å². The summed E-state index contributed by atoms with van der Waals surface area (Å²) in [4.78, 5) is 24.6. The zero-order valence-electron chi connectivity index (χ0n) is 52.6. The Balaban J connectivity index is 3.47. The second-order valence-electron chi connectivity index (χ2n) is 22.5. The topological polar surface area (TPSA) is 72.8 Å². The molecule has 458 valence electrons. The van der Waals surface area contributed by atoms with E-state index in [2.05, 4.69) is 135 Å². The molecule has 1 unspecified atom stereocenters. The molecule has 0 fully saturated rings. The molecule has 0 aromatic heterocycles. The lowest BCUT2D eigenvalue weighted by Gasteiger charge is -2.15. The van der Waals surface area contributed by atoms with E-state index in [1.54, 1.807) is 0 Å². The molecule has 0 aliphatic heterocycles. The smallest absolute Gasteiger partial charge is 0.306 e. The molecule has 0 radical (unpaired) electrons. The first kappa shape index (κ1) is 76.3. The van der Waals surface area contributed by atoms with Crippen molar-refractivity contribution in [2.75, 3.05) is 13.2 Å². The van der Waals surface area contributed by atoms with E-state index in [9.17, 15) is 14.7 Å². The van der Waals surface area contributed by atoms with Crippen LogP contribution in [-0.4, -0.2) is 36.4 Å². The number of ether oxygens (including phenoxy) is 2. The van der Waals surface area contributed by atoms with Gasteiger partial charge in [0.15, 0.2) is 6.10 Å². The summed E-state index contributed by atoms with van der Waals surface area (Å²) in [6.07, 6.45) is 102. The number of carbonyl (C=O) groups is 2. The molecule has 0 heterocycles. The average molecular weight is 1110 g/mol. The summed E-state index contributed by atoms with van der Waals surface area (Å²) in [5.74, 6) is -0.587. The van der Waals surface area contributed by atoms with Gasteiger partial charge in [0.25, 0.3) is 0 Å². The predicted molar refractivity (Wildman–Crippen MR) is 352 cm³/mol. The van der Waals surface area contributed by atoms with Gasteiger partial charge in [-0.25, -0.2) is 0 Å². The standard InChI is InChI=1S/C75H128O5/c1-3-5-7-9-11-13-15-17-19-21-23-25-27-29-30-31-32-33-34-35-36-37-38-39-40-41-42-43-44-46-48-50-52-54-56-58-60-62-64-66-68-70-75(78)80-73(71-76)72-79-74(77)69-67-65-63-61-59-57-55-53-51-49-47-45-28-26-24-22-20-18-16-14-12-10-8-6-4-2/h5,7,11,13,16-19,22-25,28-30,32-33,35-36,45,73,76H,3-4,6,8-10,12,14-15,20-21,26-27,31,34,37-44,46-72H2,1-2H3/b7-5-,13-11-,18-16-,19-17-,24-22-,25-23-,30-29-,33-32-,36-35-,45-28-. The van der Waals surface area contributed by atoms with E-state index in [4.69, 9.17) is 9.47 Å². The van der Waals surface area contributed by atoms with Crippen LogP contribution in [0.2, 0.25) is 0 Å². The van der Waals surface area contributed by atoms with Crippen molar-refractivity contribution in [2.45, 2.75) is 328 Å². The maximum absolute atomic E-state index is 12.4. The summed E-state index contributed by atoms with van der Waals surface area (Å²) in [7, 11) is 0. The Kier molecular flexibility index (Phi) is 66.4. The number of unbranched alkanes of at least 4 members (excludes halogenated alkanes) is 34. The SMILES string of the molecule is CC/C=C\C/C=C\C/C=C\C/C=C\C/C=C\C/C=C\C/C=C\CCCCCCCCCCCCCCCCCCCCCC(=O)OC(CO)COC(=O)CCCCCCCCCCCC/C=C\C/C=C\C/C=C\CCCCCCC. The Morgan fingerprint density at radius 2 is 0.537 bits per heavy atom. The molecule has 1 N–H and O–H groups in total. The second kappa shape index (κ2) is 69.6. The minimum Gasteiger partial charge on any atom is -0.462 e. The lowest BCUT2D eigenvalue weighted by atomic mass is 10.0. The molecule has 0 rings (SSSR count). The molecule has 0 saturated carbocycles. The minimum absolute atomic E-state index is 0.0696. The molecule has 0 amide bonds. The summed E-state index contributed by atoms with van der Waals surface area (Å²) in [6.45, 7) is 4.04. The zero-order chi connectivity index (χ0) is 57.6. The van der Waals surface area contributed by atoms with Crippen molar-refractivity contribution in [1.82, 2.24) is 0 Å². The van der Waals surface area contributed by atoms with Gasteiger partial charge in [0.05, 0.1) is 6.61 Å². The van der Waals surface area contributed by atoms with Crippen LogP contribution >= 0.6 is 0 Å². The van der Waals surface area contributed by atoms with Crippen molar-refractivity contribution in [3.8, 4) is 0 Å². The van der Waals surface area contributed by atoms with E-state index in [1.807, 2.05) is 0 Å². The van der Waals surface area contributed by atoms with Crippen LogP contribution in [0.1, 0.15) is 322 Å². The lowest BCUT2D eigenvalue weighted by molar-refractivity contribution is -0.161.